The van der Waals surface area contributed by atoms with Crippen molar-refractivity contribution in [1.82, 2.24) is 4.90 Å². The first kappa shape index (κ1) is 18.2. The molecular formula is C19H28N2O3S. The van der Waals surface area contributed by atoms with Gasteiger partial charge in [-0.1, -0.05) is 31.4 Å². The summed E-state index contributed by atoms with van der Waals surface area (Å²) < 4.78 is 23.8. The first-order valence-electron chi connectivity index (χ1n) is 9.27. The molecule has 2 fully saturated rings. The molecule has 1 aromatic rings. The third kappa shape index (κ3) is 4.75. The zero-order valence-corrected chi connectivity index (χ0v) is 15.7. The average Bonchev–Trinajstić information content (AvgIpc) is 2.94. The second-order valence-corrected chi connectivity index (χ2v) is 9.60. The molecule has 3 rings (SSSR count). The number of nitrogens with zero attached hydrogens (tertiary/aromatic N) is 1. The summed E-state index contributed by atoms with van der Waals surface area (Å²) in [5.41, 5.74) is 2.07. The van der Waals surface area contributed by atoms with Crippen LogP contribution in [0.4, 0.5) is 5.69 Å². The molecule has 138 valence electrons. The van der Waals surface area contributed by atoms with Crippen molar-refractivity contribution in [3.63, 3.8) is 0 Å². The Hall–Kier alpha value is -1.56. The summed E-state index contributed by atoms with van der Waals surface area (Å²) in [6, 6.07) is 7.98. The zero-order valence-electron chi connectivity index (χ0n) is 14.9. The van der Waals surface area contributed by atoms with Gasteiger partial charge >= 0.3 is 0 Å². The molecular weight excluding hydrogens is 336 g/mol. The van der Waals surface area contributed by atoms with E-state index in [0.29, 0.717) is 6.42 Å². The van der Waals surface area contributed by atoms with Crippen LogP contribution in [0.25, 0.3) is 0 Å². The molecule has 1 aliphatic carbocycles. The van der Waals surface area contributed by atoms with E-state index in [0.717, 1.165) is 36.9 Å². The predicted octanol–water partition coefficient (Wildman–Crippen LogP) is 2.76. The Labute approximate surface area is 150 Å². The van der Waals surface area contributed by atoms with Crippen LogP contribution >= 0.6 is 0 Å². The van der Waals surface area contributed by atoms with Crippen molar-refractivity contribution in [2.75, 3.05) is 23.4 Å². The topological polar surface area (TPSA) is 66.5 Å². The van der Waals surface area contributed by atoms with Crippen molar-refractivity contribution >= 4 is 21.4 Å². The number of sulfone groups is 1. The molecule has 25 heavy (non-hydrogen) atoms. The number of nitrogens with one attached hydrogen (secondary N) is 1. The second-order valence-electron chi connectivity index (χ2n) is 7.37. The minimum Gasteiger partial charge on any atom is -0.376 e. The Bertz CT molecular complexity index is 711. The van der Waals surface area contributed by atoms with Gasteiger partial charge in [0, 0.05) is 17.8 Å². The Morgan fingerprint density at radius 2 is 1.92 bits per heavy atom. The second kappa shape index (κ2) is 7.77. The SMILES string of the molecule is Cc1cccc(NCC(=O)N(C2CCCCC2)[C@@H]2CCS(=O)(=O)C2)c1. The summed E-state index contributed by atoms with van der Waals surface area (Å²) in [4.78, 5) is 14.9. The fourth-order valence-corrected chi connectivity index (χ4v) is 5.79. The van der Waals surface area contributed by atoms with E-state index in [9.17, 15) is 13.2 Å². The van der Waals surface area contributed by atoms with E-state index in [1.54, 1.807) is 0 Å². The molecule has 1 saturated heterocycles. The van der Waals surface area contributed by atoms with E-state index in [-0.39, 0.29) is 36.0 Å². The van der Waals surface area contributed by atoms with Gasteiger partial charge in [-0.3, -0.25) is 4.79 Å². The maximum Gasteiger partial charge on any atom is 0.242 e. The minimum absolute atomic E-state index is 0.0236. The summed E-state index contributed by atoms with van der Waals surface area (Å²) in [7, 11) is -3.00. The number of amides is 1. The zero-order chi connectivity index (χ0) is 17.9. The average molecular weight is 365 g/mol. The highest BCUT2D eigenvalue weighted by Gasteiger charge is 2.38. The number of hydrogen-bond acceptors (Lipinski definition) is 4. The van der Waals surface area contributed by atoms with E-state index >= 15 is 0 Å². The maximum absolute atomic E-state index is 13.0. The third-order valence-corrected chi connectivity index (χ3v) is 7.07. The van der Waals surface area contributed by atoms with E-state index < -0.39 is 9.84 Å². The summed E-state index contributed by atoms with van der Waals surface area (Å²) in [5, 5.41) is 3.21. The molecule has 2 aliphatic rings. The highest BCUT2D eigenvalue weighted by Crippen LogP contribution is 2.28. The number of rotatable bonds is 5. The van der Waals surface area contributed by atoms with Crippen LogP contribution in [0.2, 0.25) is 0 Å². The highest BCUT2D eigenvalue weighted by molar-refractivity contribution is 7.91. The van der Waals surface area contributed by atoms with Crippen molar-refractivity contribution in [1.29, 1.82) is 0 Å². The molecule has 0 spiro atoms. The van der Waals surface area contributed by atoms with Crippen LogP contribution in [0.15, 0.2) is 24.3 Å². The molecule has 1 aliphatic heterocycles. The highest BCUT2D eigenvalue weighted by atomic mass is 32.2. The van der Waals surface area contributed by atoms with Crippen molar-refractivity contribution in [2.45, 2.75) is 57.5 Å². The van der Waals surface area contributed by atoms with Gasteiger partial charge in [0.1, 0.15) is 0 Å². The lowest BCUT2D eigenvalue weighted by molar-refractivity contribution is -0.134. The van der Waals surface area contributed by atoms with E-state index in [1.165, 1.54) is 6.42 Å². The van der Waals surface area contributed by atoms with Gasteiger partial charge in [-0.05, 0) is 43.9 Å². The lowest BCUT2D eigenvalue weighted by atomic mass is 9.93. The van der Waals surface area contributed by atoms with E-state index in [4.69, 9.17) is 0 Å². The summed E-state index contributed by atoms with van der Waals surface area (Å²) in [6.07, 6.45) is 6.02. The van der Waals surface area contributed by atoms with Crippen LogP contribution in [0.1, 0.15) is 44.1 Å². The van der Waals surface area contributed by atoms with Crippen LogP contribution in [0.3, 0.4) is 0 Å². The molecule has 5 nitrogen and oxygen atoms in total. The summed E-state index contributed by atoms with van der Waals surface area (Å²) >= 11 is 0. The van der Waals surface area contributed by atoms with Crippen LogP contribution in [0, 0.1) is 6.92 Å². The van der Waals surface area contributed by atoms with Crippen molar-refractivity contribution in [3.05, 3.63) is 29.8 Å². The number of benzene rings is 1. The number of carbonyl (C=O) groups excluding carboxylic acids is 1. The lowest BCUT2D eigenvalue weighted by Crippen LogP contribution is -2.50. The van der Waals surface area contributed by atoms with Gasteiger partial charge in [0.2, 0.25) is 5.91 Å². The standard InChI is InChI=1S/C19H28N2O3S/c1-15-6-5-7-16(12-15)20-13-19(22)21(17-8-3-2-4-9-17)18-10-11-25(23,24)14-18/h5-7,12,17-18,20H,2-4,8-11,13-14H2,1H3/t18-/m1/s1. The monoisotopic (exact) mass is 364 g/mol. The fourth-order valence-electron chi connectivity index (χ4n) is 4.08. The Kier molecular flexibility index (Phi) is 5.67. The molecule has 1 aromatic carbocycles. The summed E-state index contributed by atoms with van der Waals surface area (Å²) in [5.74, 6) is 0.356. The van der Waals surface area contributed by atoms with Crippen LogP contribution in [0.5, 0.6) is 0 Å². The normalized spacial score (nSPS) is 23.3. The van der Waals surface area contributed by atoms with Crippen molar-refractivity contribution in [2.24, 2.45) is 0 Å². The Balaban J connectivity index is 1.70. The molecule has 1 heterocycles. The molecule has 1 saturated carbocycles. The maximum atomic E-state index is 13.0. The van der Waals surface area contributed by atoms with Crippen molar-refractivity contribution in [3.8, 4) is 0 Å². The molecule has 0 aromatic heterocycles. The van der Waals surface area contributed by atoms with Crippen molar-refractivity contribution < 1.29 is 13.2 Å². The van der Waals surface area contributed by atoms with Gasteiger partial charge in [0.15, 0.2) is 9.84 Å². The van der Waals surface area contributed by atoms with E-state index in [2.05, 4.69) is 5.32 Å². The number of anilines is 1. The van der Waals surface area contributed by atoms with Gasteiger partial charge in [0.05, 0.1) is 18.1 Å². The number of aryl methyl sites for hydroxylation is 1. The molecule has 0 radical (unpaired) electrons. The van der Waals surface area contributed by atoms with Gasteiger partial charge in [0.25, 0.3) is 0 Å². The minimum atomic E-state index is -3.00. The molecule has 1 N–H and O–H groups in total. The van der Waals surface area contributed by atoms with Crippen LogP contribution in [-0.4, -0.2) is 49.4 Å². The molecule has 0 unspecified atom stereocenters. The van der Waals surface area contributed by atoms with E-state index in [1.807, 2.05) is 36.1 Å². The Morgan fingerprint density at radius 1 is 1.16 bits per heavy atom. The molecule has 6 heteroatoms. The smallest absolute Gasteiger partial charge is 0.242 e. The quantitative estimate of drug-likeness (QED) is 0.872. The number of hydrogen-bond donors (Lipinski definition) is 1. The Morgan fingerprint density at radius 3 is 2.56 bits per heavy atom. The van der Waals surface area contributed by atoms with Gasteiger partial charge in [-0.25, -0.2) is 8.42 Å². The molecule has 1 amide bonds. The van der Waals surface area contributed by atoms with Gasteiger partial charge < -0.3 is 10.2 Å². The molecule has 0 bridgehead atoms. The van der Waals surface area contributed by atoms with Gasteiger partial charge in [-0.2, -0.15) is 0 Å². The van der Waals surface area contributed by atoms with Gasteiger partial charge in [-0.15, -0.1) is 0 Å². The lowest BCUT2D eigenvalue weighted by Gasteiger charge is -2.38. The fraction of sp³-hybridized carbons (Fsp3) is 0.632. The van der Waals surface area contributed by atoms with Crippen LogP contribution in [-0.2, 0) is 14.6 Å². The predicted molar refractivity (Wildman–Crippen MR) is 100 cm³/mol. The van der Waals surface area contributed by atoms with Crippen LogP contribution < -0.4 is 5.32 Å². The number of carbonyl (C=O) groups is 1. The first-order valence-corrected chi connectivity index (χ1v) is 11.1. The summed E-state index contributed by atoms with van der Waals surface area (Å²) in [6.45, 7) is 2.24. The molecule has 1 atom stereocenters. The first-order chi connectivity index (χ1) is 11.9. The largest absolute Gasteiger partial charge is 0.376 e. The third-order valence-electron chi connectivity index (χ3n) is 5.32.